The van der Waals surface area contributed by atoms with Gasteiger partial charge in [0.15, 0.2) is 5.75 Å². The van der Waals surface area contributed by atoms with Gasteiger partial charge in [-0.15, -0.1) is 0 Å². The second-order valence-corrected chi connectivity index (χ2v) is 4.62. The summed E-state index contributed by atoms with van der Waals surface area (Å²) in [6.07, 6.45) is 0.534. The zero-order valence-corrected chi connectivity index (χ0v) is 11.4. The number of nitro groups is 1. The molecular formula is C13H20N2O4. The summed E-state index contributed by atoms with van der Waals surface area (Å²) in [4.78, 5) is 10.7. The molecule has 0 aliphatic rings. The average molecular weight is 268 g/mol. The Kier molecular flexibility index (Phi) is 5.57. The molecule has 6 nitrogen and oxygen atoms in total. The van der Waals surface area contributed by atoms with E-state index in [1.165, 1.54) is 7.11 Å². The van der Waals surface area contributed by atoms with Crippen molar-refractivity contribution in [3.63, 3.8) is 0 Å². The van der Waals surface area contributed by atoms with E-state index in [2.05, 4.69) is 5.32 Å². The molecule has 0 aliphatic carbocycles. The van der Waals surface area contributed by atoms with Crippen molar-refractivity contribution in [2.75, 3.05) is 19.0 Å². The smallest absolute Gasteiger partial charge is 0.333 e. The molecule has 6 heteroatoms. The highest BCUT2D eigenvalue weighted by atomic mass is 16.6. The molecule has 2 N–H and O–H groups in total. The molecule has 0 saturated carbocycles. The number of aliphatic hydroxyl groups excluding tert-OH is 1. The molecule has 0 bridgehead atoms. The first kappa shape index (κ1) is 15.2. The monoisotopic (exact) mass is 268 g/mol. The molecule has 1 aromatic carbocycles. The second kappa shape index (κ2) is 6.94. The lowest BCUT2D eigenvalue weighted by Crippen LogP contribution is -2.27. The van der Waals surface area contributed by atoms with E-state index in [4.69, 9.17) is 9.84 Å². The van der Waals surface area contributed by atoms with Crippen LogP contribution in [0.4, 0.5) is 11.4 Å². The number of hydrogen-bond donors (Lipinski definition) is 2. The zero-order valence-electron chi connectivity index (χ0n) is 11.4. The van der Waals surface area contributed by atoms with Crippen molar-refractivity contribution < 1.29 is 14.8 Å². The minimum atomic E-state index is -0.461. The van der Waals surface area contributed by atoms with Crippen LogP contribution in [0.25, 0.3) is 0 Å². The highest BCUT2D eigenvalue weighted by Gasteiger charge is 2.23. The summed E-state index contributed by atoms with van der Waals surface area (Å²) >= 11 is 0. The molecule has 1 unspecified atom stereocenters. The molecule has 0 amide bonds. The summed E-state index contributed by atoms with van der Waals surface area (Å²) in [5.41, 5.74) is 0.338. The van der Waals surface area contributed by atoms with Gasteiger partial charge in [0.1, 0.15) is 5.69 Å². The van der Waals surface area contributed by atoms with E-state index in [-0.39, 0.29) is 30.0 Å². The van der Waals surface area contributed by atoms with Crippen molar-refractivity contribution in [3.8, 4) is 5.75 Å². The number of anilines is 1. The highest BCUT2D eigenvalue weighted by Crippen LogP contribution is 2.35. The van der Waals surface area contributed by atoms with Crippen LogP contribution >= 0.6 is 0 Å². The maximum Gasteiger partial charge on any atom is 0.333 e. The van der Waals surface area contributed by atoms with Crippen molar-refractivity contribution in [2.24, 2.45) is 5.92 Å². The van der Waals surface area contributed by atoms with Gasteiger partial charge in [-0.3, -0.25) is 10.1 Å². The Morgan fingerprint density at radius 1 is 1.47 bits per heavy atom. The predicted molar refractivity (Wildman–Crippen MR) is 73.6 cm³/mol. The fourth-order valence-corrected chi connectivity index (χ4v) is 1.90. The number of nitrogens with zero attached hydrogens (tertiary/aromatic N) is 1. The number of para-hydroxylation sites is 1. The van der Waals surface area contributed by atoms with E-state index in [0.717, 1.165) is 0 Å². The number of nitrogens with one attached hydrogen (secondary N) is 1. The Hall–Kier alpha value is -1.82. The van der Waals surface area contributed by atoms with E-state index < -0.39 is 4.92 Å². The van der Waals surface area contributed by atoms with Crippen molar-refractivity contribution in [2.45, 2.75) is 26.3 Å². The van der Waals surface area contributed by atoms with E-state index >= 15 is 0 Å². The lowest BCUT2D eigenvalue weighted by atomic mass is 10.0. The van der Waals surface area contributed by atoms with Gasteiger partial charge in [0.2, 0.25) is 0 Å². The largest absolute Gasteiger partial charge is 0.490 e. The molecule has 0 aromatic heterocycles. The average Bonchev–Trinajstić information content (AvgIpc) is 2.37. The zero-order chi connectivity index (χ0) is 14.4. The third-order valence-electron chi connectivity index (χ3n) is 2.99. The molecule has 19 heavy (non-hydrogen) atoms. The Balaban J connectivity index is 3.08. The summed E-state index contributed by atoms with van der Waals surface area (Å²) in [6, 6.07) is 4.87. The van der Waals surface area contributed by atoms with Crippen molar-refractivity contribution in [1.29, 1.82) is 0 Å². The molecular weight excluding hydrogens is 248 g/mol. The lowest BCUT2D eigenvalue weighted by molar-refractivity contribution is -0.384. The summed E-state index contributed by atoms with van der Waals surface area (Å²) < 4.78 is 5.02. The van der Waals surface area contributed by atoms with Gasteiger partial charge in [-0.1, -0.05) is 19.9 Å². The molecule has 1 atom stereocenters. The minimum absolute atomic E-state index is 0.0317. The Bertz CT molecular complexity index is 435. The molecule has 0 radical (unpaired) electrons. The summed E-state index contributed by atoms with van der Waals surface area (Å²) in [7, 11) is 1.40. The van der Waals surface area contributed by atoms with Crippen LogP contribution in [0.15, 0.2) is 18.2 Å². The van der Waals surface area contributed by atoms with Crippen LogP contribution in [-0.2, 0) is 0 Å². The molecule has 1 rings (SSSR count). The van der Waals surface area contributed by atoms with Gasteiger partial charge in [0.25, 0.3) is 0 Å². The predicted octanol–water partition coefficient (Wildman–Crippen LogP) is 2.42. The molecule has 0 spiro atoms. The number of rotatable bonds is 7. The van der Waals surface area contributed by atoms with Crippen LogP contribution < -0.4 is 10.1 Å². The third kappa shape index (κ3) is 3.82. The maximum absolute atomic E-state index is 11.1. The highest BCUT2D eigenvalue weighted by molar-refractivity contribution is 5.68. The van der Waals surface area contributed by atoms with Crippen LogP contribution in [0.1, 0.15) is 20.3 Å². The van der Waals surface area contributed by atoms with Crippen LogP contribution in [0.5, 0.6) is 5.75 Å². The lowest BCUT2D eigenvalue weighted by Gasteiger charge is -2.22. The molecule has 0 heterocycles. The SMILES string of the molecule is COc1cccc(NC(CCO)C(C)C)c1[N+](=O)[O-]. The van der Waals surface area contributed by atoms with Gasteiger partial charge < -0.3 is 15.2 Å². The standard InChI is InChI=1S/C13H20N2O4/c1-9(2)10(7-8-16)14-11-5-4-6-12(19-3)13(11)15(17)18/h4-6,9-10,14,16H,7-8H2,1-3H3. The summed E-state index contributed by atoms with van der Waals surface area (Å²) in [5.74, 6) is 0.472. The first-order valence-electron chi connectivity index (χ1n) is 6.20. The van der Waals surface area contributed by atoms with E-state index in [0.29, 0.717) is 12.1 Å². The molecule has 1 aromatic rings. The van der Waals surface area contributed by atoms with Crippen LogP contribution in [0.2, 0.25) is 0 Å². The van der Waals surface area contributed by atoms with Crippen molar-refractivity contribution in [1.82, 2.24) is 0 Å². The van der Waals surface area contributed by atoms with E-state index in [1.54, 1.807) is 18.2 Å². The van der Waals surface area contributed by atoms with E-state index in [9.17, 15) is 10.1 Å². The van der Waals surface area contributed by atoms with Crippen molar-refractivity contribution >= 4 is 11.4 Å². The van der Waals surface area contributed by atoms with E-state index in [1.807, 2.05) is 13.8 Å². The number of benzene rings is 1. The van der Waals surface area contributed by atoms with Gasteiger partial charge in [-0.05, 0) is 24.5 Å². The normalized spacial score (nSPS) is 12.3. The van der Waals surface area contributed by atoms with Crippen molar-refractivity contribution in [3.05, 3.63) is 28.3 Å². The van der Waals surface area contributed by atoms with Gasteiger partial charge in [0.05, 0.1) is 12.0 Å². The van der Waals surface area contributed by atoms with Crippen LogP contribution in [0.3, 0.4) is 0 Å². The fraction of sp³-hybridized carbons (Fsp3) is 0.538. The Labute approximate surface area is 112 Å². The number of hydrogen-bond acceptors (Lipinski definition) is 5. The van der Waals surface area contributed by atoms with Gasteiger partial charge in [0, 0.05) is 12.6 Å². The topological polar surface area (TPSA) is 84.6 Å². The van der Waals surface area contributed by atoms with Gasteiger partial charge in [-0.2, -0.15) is 0 Å². The molecule has 106 valence electrons. The Morgan fingerprint density at radius 3 is 2.63 bits per heavy atom. The molecule has 0 saturated heterocycles. The fourth-order valence-electron chi connectivity index (χ4n) is 1.90. The van der Waals surface area contributed by atoms with Gasteiger partial charge >= 0.3 is 5.69 Å². The number of ether oxygens (including phenoxy) is 1. The molecule has 0 fully saturated rings. The first-order chi connectivity index (χ1) is 9.01. The Morgan fingerprint density at radius 2 is 2.16 bits per heavy atom. The number of nitro benzene ring substituents is 1. The van der Waals surface area contributed by atoms with Gasteiger partial charge in [-0.25, -0.2) is 0 Å². The molecule has 0 aliphatic heterocycles. The van der Waals surface area contributed by atoms with Crippen LogP contribution in [-0.4, -0.2) is 29.8 Å². The van der Waals surface area contributed by atoms with Crippen LogP contribution in [0, 0.1) is 16.0 Å². The maximum atomic E-state index is 11.1. The number of methoxy groups -OCH3 is 1. The minimum Gasteiger partial charge on any atom is -0.490 e. The second-order valence-electron chi connectivity index (χ2n) is 4.62. The summed E-state index contributed by atoms with van der Waals surface area (Å²) in [6.45, 7) is 4.03. The first-order valence-corrected chi connectivity index (χ1v) is 6.20. The number of aliphatic hydroxyl groups is 1. The quantitative estimate of drug-likeness (QED) is 0.586. The summed E-state index contributed by atoms with van der Waals surface area (Å²) in [5, 5.41) is 23.3. The third-order valence-corrected chi connectivity index (χ3v) is 2.99.